The summed E-state index contributed by atoms with van der Waals surface area (Å²) in [6, 6.07) is 9.38. The Hall–Kier alpha value is -3.12. The van der Waals surface area contributed by atoms with Crippen LogP contribution in [0.3, 0.4) is 0 Å². The highest BCUT2D eigenvalue weighted by Gasteiger charge is 2.13. The fourth-order valence-electron chi connectivity index (χ4n) is 3.89. The van der Waals surface area contributed by atoms with Crippen LogP contribution in [0.4, 0.5) is 4.39 Å². The lowest BCUT2D eigenvalue weighted by atomic mass is 9.98. The number of aromatic nitrogens is 4. The van der Waals surface area contributed by atoms with Crippen molar-refractivity contribution in [2.75, 3.05) is 13.1 Å². The van der Waals surface area contributed by atoms with E-state index >= 15 is 0 Å². The molecule has 0 unspecified atom stereocenters. The number of rotatable bonds is 2. The van der Waals surface area contributed by atoms with Gasteiger partial charge in [0, 0.05) is 36.1 Å². The number of hydrogen-bond acceptors (Lipinski definition) is 4. The average molecular weight is 373 g/mol. The fraction of sp³-hybridized carbons (Fsp3) is 0.227. The summed E-state index contributed by atoms with van der Waals surface area (Å²) in [6.07, 6.45) is 4.97. The lowest BCUT2D eigenvalue weighted by Gasteiger charge is -2.15. The Morgan fingerprint density at radius 2 is 1.96 bits per heavy atom. The molecule has 28 heavy (non-hydrogen) atoms. The van der Waals surface area contributed by atoms with E-state index in [9.17, 15) is 4.39 Å². The molecular weight excluding hydrogens is 353 g/mol. The largest absolute Gasteiger partial charge is 0.313 e. The van der Waals surface area contributed by atoms with Crippen LogP contribution in [0.2, 0.25) is 0 Å². The number of aryl methyl sites for hydroxylation is 2. The van der Waals surface area contributed by atoms with Gasteiger partial charge in [0.25, 0.3) is 0 Å². The predicted molar refractivity (Wildman–Crippen MR) is 109 cm³/mol. The van der Waals surface area contributed by atoms with E-state index in [2.05, 4.69) is 26.7 Å². The van der Waals surface area contributed by atoms with Crippen LogP contribution in [0.5, 0.6) is 0 Å². The van der Waals surface area contributed by atoms with Gasteiger partial charge in [-0.15, -0.1) is 10.2 Å². The summed E-state index contributed by atoms with van der Waals surface area (Å²) in [6.45, 7) is 3.75. The van der Waals surface area contributed by atoms with Gasteiger partial charge in [-0.3, -0.25) is 4.68 Å². The summed E-state index contributed by atoms with van der Waals surface area (Å²) in [5.41, 5.74) is 6.22. The number of fused-ring (bicyclic) bond motifs is 2. The van der Waals surface area contributed by atoms with E-state index in [1.54, 1.807) is 16.8 Å². The van der Waals surface area contributed by atoms with Crippen LogP contribution < -0.4 is 5.32 Å². The molecule has 5 nitrogen and oxygen atoms in total. The molecule has 5 rings (SSSR count). The molecular formula is C22H20FN5. The minimum atomic E-state index is -0.262. The van der Waals surface area contributed by atoms with Crippen LogP contribution in [0, 0.1) is 12.7 Å². The molecule has 6 heteroatoms. The number of nitrogens with zero attached hydrogens (tertiary/aromatic N) is 4. The minimum absolute atomic E-state index is 0.262. The summed E-state index contributed by atoms with van der Waals surface area (Å²) in [4.78, 5) is 0. The third-order valence-electron chi connectivity index (χ3n) is 5.30. The maximum absolute atomic E-state index is 14.9. The zero-order valence-corrected chi connectivity index (χ0v) is 15.8. The molecule has 0 amide bonds. The molecule has 0 fully saturated rings. The van der Waals surface area contributed by atoms with Crippen molar-refractivity contribution in [3.05, 3.63) is 59.5 Å². The van der Waals surface area contributed by atoms with E-state index < -0.39 is 0 Å². The fourth-order valence-corrected chi connectivity index (χ4v) is 3.89. The molecule has 4 aromatic rings. The smallest absolute Gasteiger partial charge is 0.133 e. The highest BCUT2D eigenvalue weighted by Crippen LogP contribution is 2.30. The zero-order chi connectivity index (χ0) is 19.3. The molecule has 140 valence electrons. The Morgan fingerprint density at radius 3 is 2.79 bits per heavy atom. The van der Waals surface area contributed by atoms with Crippen LogP contribution in [0.1, 0.15) is 17.5 Å². The first-order valence-corrected chi connectivity index (χ1v) is 9.40. The molecule has 0 bridgehead atoms. The molecule has 0 saturated heterocycles. The molecule has 0 atom stereocenters. The van der Waals surface area contributed by atoms with Crippen molar-refractivity contribution in [3.63, 3.8) is 0 Å². The van der Waals surface area contributed by atoms with Crippen molar-refractivity contribution < 1.29 is 4.39 Å². The third kappa shape index (κ3) is 2.86. The summed E-state index contributed by atoms with van der Waals surface area (Å²) in [7, 11) is 1.90. The molecule has 1 N–H and O–H groups in total. The normalized spacial score (nSPS) is 14.6. The van der Waals surface area contributed by atoms with Crippen LogP contribution in [-0.2, 0) is 7.05 Å². The van der Waals surface area contributed by atoms with E-state index in [0.29, 0.717) is 16.6 Å². The SMILES string of the molecule is Cc1cc(-c2cc3c(F)cc(C4=CCNCC4)cc3nn2)cc2cn(C)nc12. The average Bonchev–Trinajstić information content (AvgIpc) is 3.09. The first-order chi connectivity index (χ1) is 13.6. The lowest BCUT2D eigenvalue weighted by Crippen LogP contribution is -2.20. The molecule has 0 aliphatic carbocycles. The van der Waals surface area contributed by atoms with Gasteiger partial charge in [0.05, 0.1) is 16.7 Å². The van der Waals surface area contributed by atoms with Crippen LogP contribution in [0.15, 0.2) is 42.6 Å². The quantitative estimate of drug-likeness (QED) is 0.577. The second-order valence-electron chi connectivity index (χ2n) is 7.34. The monoisotopic (exact) mass is 373 g/mol. The highest BCUT2D eigenvalue weighted by atomic mass is 19.1. The van der Waals surface area contributed by atoms with E-state index in [0.717, 1.165) is 52.7 Å². The van der Waals surface area contributed by atoms with E-state index in [-0.39, 0.29) is 5.82 Å². The van der Waals surface area contributed by atoms with Gasteiger partial charge in [-0.05, 0) is 66.9 Å². The molecule has 2 aromatic heterocycles. The molecule has 0 saturated carbocycles. The minimum Gasteiger partial charge on any atom is -0.313 e. The van der Waals surface area contributed by atoms with E-state index in [4.69, 9.17) is 0 Å². The van der Waals surface area contributed by atoms with Gasteiger partial charge in [-0.2, -0.15) is 5.10 Å². The van der Waals surface area contributed by atoms with Crippen molar-refractivity contribution in [1.29, 1.82) is 0 Å². The standard InChI is InChI=1S/C22H20FN5/c1-13-7-16(8-17-12-28(2)27-22(13)17)20-11-18-19(23)9-15(10-21(18)26-25-20)14-3-5-24-6-4-14/h3,7-12,24H,4-6H2,1-2H3. The summed E-state index contributed by atoms with van der Waals surface area (Å²) < 4.78 is 16.7. The highest BCUT2D eigenvalue weighted by molar-refractivity contribution is 5.89. The maximum atomic E-state index is 14.9. The Morgan fingerprint density at radius 1 is 1.07 bits per heavy atom. The molecule has 1 aliphatic rings. The maximum Gasteiger partial charge on any atom is 0.133 e. The Balaban J connectivity index is 1.62. The van der Waals surface area contributed by atoms with Crippen molar-refractivity contribution >= 4 is 27.4 Å². The number of nitrogens with one attached hydrogen (secondary N) is 1. The Bertz CT molecular complexity index is 1250. The lowest BCUT2D eigenvalue weighted by molar-refractivity contribution is 0.638. The van der Waals surface area contributed by atoms with E-state index in [1.807, 2.05) is 38.4 Å². The number of hydrogen-bond donors (Lipinski definition) is 1. The van der Waals surface area contributed by atoms with Gasteiger partial charge in [-0.1, -0.05) is 6.08 Å². The molecule has 0 radical (unpaired) electrons. The molecule has 0 spiro atoms. The second-order valence-corrected chi connectivity index (χ2v) is 7.34. The first-order valence-electron chi connectivity index (χ1n) is 9.40. The van der Waals surface area contributed by atoms with Gasteiger partial charge in [0.1, 0.15) is 5.82 Å². The predicted octanol–water partition coefficient (Wildman–Crippen LogP) is 4.01. The Kier molecular flexibility index (Phi) is 3.94. The van der Waals surface area contributed by atoms with Gasteiger partial charge in [0.2, 0.25) is 0 Å². The van der Waals surface area contributed by atoms with Gasteiger partial charge in [0.15, 0.2) is 0 Å². The summed E-state index contributed by atoms with van der Waals surface area (Å²) in [5.74, 6) is -0.262. The van der Waals surface area contributed by atoms with Crippen LogP contribution in [0.25, 0.3) is 38.6 Å². The first kappa shape index (κ1) is 17.0. The van der Waals surface area contributed by atoms with Gasteiger partial charge >= 0.3 is 0 Å². The van der Waals surface area contributed by atoms with Crippen LogP contribution >= 0.6 is 0 Å². The van der Waals surface area contributed by atoms with Crippen LogP contribution in [-0.4, -0.2) is 33.1 Å². The molecule has 3 heterocycles. The van der Waals surface area contributed by atoms with Crippen molar-refractivity contribution in [1.82, 2.24) is 25.3 Å². The van der Waals surface area contributed by atoms with Gasteiger partial charge in [-0.25, -0.2) is 4.39 Å². The van der Waals surface area contributed by atoms with E-state index in [1.165, 1.54) is 0 Å². The number of benzene rings is 2. The molecule has 2 aromatic carbocycles. The Labute approximate surface area is 161 Å². The van der Waals surface area contributed by atoms with Gasteiger partial charge < -0.3 is 5.32 Å². The molecule has 1 aliphatic heterocycles. The summed E-state index contributed by atoms with van der Waals surface area (Å²) in [5, 5.41) is 18.0. The zero-order valence-electron chi connectivity index (χ0n) is 15.8. The van der Waals surface area contributed by atoms with Crippen molar-refractivity contribution in [2.24, 2.45) is 7.05 Å². The van der Waals surface area contributed by atoms with Crippen molar-refractivity contribution in [3.8, 4) is 11.3 Å². The summed E-state index contributed by atoms with van der Waals surface area (Å²) >= 11 is 0. The van der Waals surface area contributed by atoms with Crippen molar-refractivity contribution in [2.45, 2.75) is 13.3 Å². The topological polar surface area (TPSA) is 55.6 Å². The number of halogens is 1. The second kappa shape index (κ2) is 6.49. The third-order valence-corrected chi connectivity index (χ3v) is 5.30.